The van der Waals surface area contributed by atoms with Crippen LogP contribution in [0.25, 0.3) is 0 Å². The highest BCUT2D eigenvalue weighted by Gasteiger charge is 2.00. The molecule has 1 atom stereocenters. The standard InChI is InChI=1S/C19H25NO2S/c20-17(15-23)8-4-5-13-21-18-9-11-19(12-10-18)22-14-16-6-2-1-3-7-16/h1-3,6-7,9-12,17,23H,4-5,8,13-15,20H2/t17-/m1/s1. The Morgan fingerprint density at radius 2 is 1.52 bits per heavy atom. The van der Waals surface area contributed by atoms with Gasteiger partial charge in [-0.1, -0.05) is 30.3 Å². The molecule has 0 saturated carbocycles. The molecular weight excluding hydrogens is 306 g/mol. The van der Waals surface area contributed by atoms with E-state index in [1.165, 1.54) is 0 Å². The van der Waals surface area contributed by atoms with E-state index in [1.807, 2.05) is 42.5 Å². The van der Waals surface area contributed by atoms with Gasteiger partial charge in [-0.3, -0.25) is 0 Å². The molecule has 124 valence electrons. The van der Waals surface area contributed by atoms with Crippen LogP contribution in [0.1, 0.15) is 24.8 Å². The first kappa shape index (κ1) is 17.7. The van der Waals surface area contributed by atoms with Gasteiger partial charge in [-0.05, 0) is 49.1 Å². The summed E-state index contributed by atoms with van der Waals surface area (Å²) < 4.78 is 11.5. The number of hydrogen-bond acceptors (Lipinski definition) is 4. The Labute approximate surface area is 144 Å². The topological polar surface area (TPSA) is 44.5 Å². The number of nitrogens with two attached hydrogens (primary N) is 1. The molecule has 2 rings (SSSR count). The van der Waals surface area contributed by atoms with Crippen LogP contribution in [0.5, 0.6) is 11.5 Å². The van der Waals surface area contributed by atoms with E-state index < -0.39 is 0 Å². The summed E-state index contributed by atoms with van der Waals surface area (Å²) >= 11 is 4.18. The lowest BCUT2D eigenvalue weighted by Gasteiger charge is -2.10. The fourth-order valence-corrected chi connectivity index (χ4v) is 2.35. The summed E-state index contributed by atoms with van der Waals surface area (Å²) in [5, 5.41) is 0. The summed E-state index contributed by atoms with van der Waals surface area (Å²) in [7, 11) is 0. The summed E-state index contributed by atoms with van der Waals surface area (Å²) in [4.78, 5) is 0. The molecule has 0 heterocycles. The van der Waals surface area contributed by atoms with Crippen LogP contribution in [0, 0.1) is 0 Å². The van der Waals surface area contributed by atoms with E-state index in [0.717, 1.165) is 42.1 Å². The molecule has 4 heteroatoms. The number of unbranched alkanes of at least 4 members (excludes halogenated alkanes) is 1. The zero-order chi connectivity index (χ0) is 16.3. The largest absolute Gasteiger partial charge is 0.494 e. The van der Waals surface area contributed by atoms with Crippen molar-refractivity contribution in [1.82, 2.24) is 0 Å². The molecule has 3 nitrogen and oxygen atoms in total. The fourth-order valence-electron chi connectivity index (χ4n) is 2.16. The predicted molar refractivity (Wildman–Crippen MR) is 98.4 cm³/mol. The van der Waals surface area contributed by atoms with Crippen LogP contribution >= 0.6 is 12.6 Å². The SMILES string of the molecule is N[C@@H](CS)CCCCOc1ccc(OCc2ccccc2)cc1. The molecule has 0 aliphatic carbocycles. The number of thiol groups is 1. The Hall–Kier alpha value is -1.65. The van der Waals surface area contributed by atoms with E-state index in [2.05, 4.69) is 24.8 Å². The lowest BCUT2D eigenvalue weighted by molar-refractivity contribution is 0.296. The second kappa shape index (κ2) is 10.2. The zero-order valence-corrected chi connectivity index (χ0v) is 14.3. The van der Waals surface area contributed by atoms with Gasteiger partial charge in [0.05, 0.1) is 6.61 Å². The van der Waals surface area contributed by atoms with Gasteiger partial charge >= 0.3 is 0 Å². The van der Waals surface area contributed by atoms with Gasteiger partial charge in [0.15, 0.2) is 0 Å². The van der Waals surface area contributed by atoms with Gasteiger partial charge < -0.3 is 15.2 Å². The highest BCUT2D eigenvalue weighted by atomic mass is 32.1. The molecule has 0 aromatic heterocycles. The maximum atomic E-state index is 5.82. The number of benzene rings is 2. The first-order chi connectivity index (χ1) is 11.3. The maximum Gasteiger partial charge on any atom is 0.120 e. The van der Waals surface area contributed by atoms with Crippen LogP contribution < -0.4 is 15.2 Å². The van der Waals surface area contributed by atoms with Gasteiger partial charge in [0, 0.05) is 11.8 Å². The molecule has 0 spiro atoms. The van der Waals surface area contributed by atoms with Crippen LogP contribution in [-0.4, -0.2) is 18.4 Å². The maximum absolute atomic E-state index is 5.82. The number of rotatable bonds is 10. The van der Waals surface area contributed by atoms with Crippen LogP contribution in [0.15, 0.2) is 54.6 Å². The van der Waals surface area contributed by atoms with Crippen LogP contribution in [0.3, 0.4) is 0 Å². The average molecular weight is 331 g/mol. The molecule has 0 saturated heterocycles. The molecule has 2 aromatic rings. The summed E-state index contributed by atoms with van der Waals surface area (Å²) in [5.74, 6) is 2.46. The molecule has 2 aromatic carbocycles. The van der Waals surface area contributed by atoms with Gasteiger partial charge in [0.25, 0.3) is 0 Å². The third kappa shape index (κ3) is 6.97. The second-order valence-electron chi connectivity index (χ2n) is 5.53. The Morgan fingerprint density at radius 3 is 2.17 bits per heavy atom. The van der Waals surface area contributed by atoms with Crippen LogP contribution in [0.4, 0.5) is 0 Å². The van der Waals surface area contributed by atoms with Crippen molar-refractivity contribution in [3.05, 3.63) is 60.2 Å². The van der Waals surface area contributed by atoms with E-state index in [1.54, 1.807) is 0 Å². The quantitative estimate of drug-likeness (QED) is 0.509. The third-order valence-corrected chi connectivity index (χ3v) is 4.01. The summed E-state index contributed by atoms with van der Waals surface area (Å²) in [5.41, 5.74) is 6.98. The van der Waals surface area contributed by atoms with Crippen molar-refractivity contribution in [3.8, 4) is 11.5 Å². The Kier molecular flexibility index (Phi) is 7.84. The van der Waals surface area contributed by atoms with Crippen molar-refractivity contribution in [1.29, 1.82) is 0 Å². The highest BCUT2D eigenvalue weighted by molar-refractivity contribution is 7.80. The van der Waals surface area contributed by atoms with Crippen LogP contribution in [0.2, 0.25) is 0 Å². The molecule has 0 unspecified atom stereocenters. The summed E-state index contributed by atoms with van der Waals surface area (Å²) in [6.07, 6.45) is 3.08. The lowest BCUT2D eigenvalue weighted by Crippen LogP contribution is -2.21. The van der Waals surface area contributed by atoms with Crippen molar-refractivity contribution in [2.45, 2.75) is 31.9 Å². The zero-order valence-electron chi connectivity index (χ0n) is 13.4. The van der Waals surface area contributed by atoms with Crippen LogP contribution in [-0.2, 0) is 6.61 Å². The van der Waals surface area contributed by atoms with Gasteiger partial charge in [-0.15, -0.1) is 0 Å². The Morgan fingerprint density at radius 1 is 0.870 bits per heavy atom. The third-order valence-electron chi connectivity index (χ3n) is 3.54. The molecule has 0 fully saturated rings. The van der Waals surface area contributed by atoms with Gasteiger partial charge in [-0.2, -0.15) is 12.6 Å². The van der Waals surface area contributed by atoms with E-state index in [9.17, 15) is 0 Å². The highest BCUT2D eigenvalue weighted by Crippen LogP contribution is 2.19. The van der Waals surface area contributed by atoms with Gasteiger partial charge in [-0.25, -0.2) is 0 Å². The van der Waals surface area contributed by atoms with E-state index in [4.69, 9.17) is 15.2 Å². The van der Waals surface area contributed by atoms with E-state index in [-0.39, 0.29) is 6.04 Å². The molecule has 0 amide bonds. The van der Waals surface area contributed by atoms with Crippen molar-refractivity contribution in [2.24, 2.45) is 5.73 Å². The van der Waals surface area contributed by atoms with Crippen molar-refractivity contribution in [2.75, 3.05) is 12.4 Å². The Balaban J connectivity index is 1.66. The second-order valence-corrected chi connectivity index (χ2v) is 5.90. The molecule has 0 aliphatic rings. The smallest absolute Gasteiger partial charge is 0.120 e. The minimum Gasteiger partial charge on any atom is -0.494 e. The normalized spacial score (nSPS) is 11.9. The molecule has 0 bridgehead atoms. The predicted octanol–water partition coefficient (Wildman–Crippen LogP) is 4.07. The molecule has 0 radical (unpaired) electrons. The summed E-state index contributed by atoms with van der Waals surface area (Å²) in [6.45, 7) is 1.29. The van der Waals surface area contributed by atoms with Crippen molar-refractivity contribution >= 4 is 12.6 Å². The lowest BCUT2D eigenvalue weighted by atomic mass is 10.1. The first-order valence-corrected chi connectivity index (χ1v) is 8.67. The monoisotopic (exact) mass is 331 g/mol. The average Bonchev–Trinajstić information content (AvgIpc) is 2.61. The molecular formula is C19H25NO2S. The molecule has 0 aliphatic heterocycles. The van der Waals surface area contributed by atoms with Crippen molar-refractivity contribution < 1.29 is 9.47 Å². The van der Waals surface area contributed by atoms with Gasteiger partial charge in [0.2, 0.25) is 0 Å². The van der Waals surface area contributed by atoms with Crippen molar-refractivity contribution in [3.63, 3.8) is 0 Å². The summed E-state index contributed by atoms with van der Waals surface area (Å²) in [6, 6.07) is 18.1. The molecule has 2 N–H and O–H groups in total. The number of ether oxygens (including phenoxy) is 2. The van der Waals surface area contributed by atoms with E-state index in [0.29, 0.717) is 13.2 Å². The fraction of sp³-hybridized carbons (Fsp3) is 0.368. The minimum atomic E-state index is 0.194. The number of hydrogen-bond donors (Lipinski definition) is 2. The Bertz CT molecular complexity index is 545. The van der Waals surface area contributed by atoms with E-state index >= 15 is 0 Å². The van der Waals surface area contributed by atoms with Gasteiger partial charge in [0.1, 0.15) is 18.1 Å². The first-order valence-electron chi connectivity index (χ1n) is 8.04. The molecule has 23 heavy (non-hydrogen) atoms. The minimum absolute atomic E-state index is 0.194.